The Morgan fingerprint density at radius 3 is 2.33 bits per heavy atom. The predicted molar refractivity (Wildman–Crippen MR) is 128 cm³/mol. The van der Waals surface area contributed by atoms with E-state index in [4.69, 9.17) is 10.2 Å². The zero-order valence-corrected chi connectivity index (χ0v) is 19.0. The van der Waals surface area contributed by atoms with E-state index in [1.54, 1.807) is 30.4 Å². The fraction of sp³-hybridized carbons (Fsp3) is 0.360. The molecule has 0 aliphatic carbocycles. The number of benzodiazepines with no additional fused rings is 1. The van der Waals surface area contributed by atoms with E-state index in [1.807, 2.05) is 42.5 Å². The molecule has 1 aliphatic rings. The molecule has 0 bridgehead atoms. The highest BCUT2D eigenvalue weighted by Gasteiger charge is 2.27. The van der Waals surface area contributed by atoms with Gasteiger partial charge in [0.25, 0.3) is 5.91 Å². The van der Waals surface area contributed by atoms with Gasteiger partial charge in [-0.15, -0.1) is 0 Å². The number of nitrogens with zero attached hydrogens (tertiary/aromatic N) is 2. The van der Waals surface area contributed by atoms with Gasteiger partial charge in [0.05, 0.1) is 11.4 Å². The first kappa shape index (κ1) is 24.1. The number of carbonyl (C=O) groups excluding carboxylic acids is 3. The van der Waals surface area contributed by atoms with E-state index >= 15 is 0 Å². The molecule has 0 radical (unpaired) electrons. The molecule has 0 saturated heterocycles. The summed E-state index contributed by atoms with van der Waals surface area (Å²) in [5.41, 5.74) is 5.44. The molecule has 0 fully saturated rings. The number of hydrogen-bond acceptors (Lipinski definition) is 5. The Bertz CT molecular complexity index is 1040. The van der Waals surface area contributed by atoms with Gasteiger partial charge in [-0.05, 0) is 38.0 Å². The predicted octanol–water partition coefficient (Wildman–Crippen LogP) is 3.67. The molecular formula is C25H30N4O4. The lowest BCUT2D eigenvalue weighted by Crippen LogP contribution is -2.33. The van der Waals surface area contributed by atoms with Crippen molar-refractivity contribution < 1.29 is 19.6 Å². The van der Waals surface area contributed by atoms with Crippen molar-refractivity contribution in [2.45, 2.75) is 51.5 Å². The number of fused-ring (bicyclic) bond motifs is 1. The van der Waals surface area contributed by atoms with E-state index in [2.05, 4.69) is 5.32 Å². The van der Waals surface area contributed by atoms with Gasteiger partial charge in [-0.2, -0.15) is 0 Å². The van der Waals surface area contributed by atoms with E-state index in [0.29, 0.717) is 24.9 Å². The molecule has 1 aliphatic heterocycles. The van der Waals surface area contributed by atoms with Crippen molar-refractivity contribution in [3.63, 3.8) is 0 Å². The summed E-state index contributed by atoms with van der Waals surface area (Å²) in [6, 6.07) is 14.7. The van der Waals surface area contributed by atoms with Crippen LogP contribution in [0.3, 0.4) is 0 Å². The SMILES string of the molecule is C[C@@H]1N=C(c2ccccc2)c2cc(NC(=O)CCCCCCC(=O)NO)ccc2N(C)C1=O. The molecule has 1 atom stereocenters. The van der Waals surface area contributed by atoms with Crippen LogP contribution in [0.2, 0.25) is 0 Å². The maximum absolute atomic E-state index is 12.7. The summed E-state index contributed by atoms with van der Waals surface area (Å²) in [5.74, 6) is -0.570. The van der Waals surface area contributed by atoms with Crippen molar-refractivity contribution >= 4 is 34.8 Å². The van der Waals surface area contributed by atoms with Crippen LogP contribution >= 0.6 is 0 Å². The average molecular weight is 451 g/mol. The van der Waals surface area contributed by atoms with Gasteiger partial charge in [-0.3, -0.25) is 24.6 Å². The topological polar surface area (TPSA) is 111 Å². The van der Waals surface area contributed by atoms with Crippen molar-refractivity contribution in [3.8, 4) is 0 Å². The molecule has 0 spiro atoms. The van der Waals surface area contributed by atoms with Crippen molar-refractivity contribution in [3.05, 3.63) is 59.7 Å². The Morgan fingerprint density at radius 2 is 1.67 bits per heavy atom. The van der Waals surface area contributed by atoms with Crippen molar-refractivity contribution in [1.29, 1.82) is 0 Å². The number of anilines is 2. The second-order valence-corrected chi connectivity index (χ2v) is 8.15. The molecule has 0 aromatic heterocycles. The Morgan fingerprint density at radius 1 is 1.00 bits per heavy atom. The maximum atomic E-state index is 12.7. The molecule has 1 heterocycles. The van der Waals surface area contributed by atoms with Gasteiger partial charge in [0, 0.05) is 36.7 Å². The van der Waals surface area contributed by atoms with Crippen LogP contribution in [-0.2, 0) is 14.4 Å². The van der Waals surface area contributed by atoms with Gasteiger partial charge in [0.2, 0.25) is 11.8 Å². The fourth-order valence-corrected chi connectivity index (χ4v) is 3.84. The number of nitrogens with one attached hydrogen (secondary N) is 2. The van der Waals surface area contributed by atoms with E-state index in [9.17, 15) is 14.4 Å². The van der Waals surface area contributed by atoms with E-state index in [0.717, 1.165) is 35.4 Å². The quantitative estimate of drug-likeness (QED) is 0.307. The lowest BCUT2D eigenvalue weighted by Gasteiger charge is -2.20. The summed E-state index contributed by atoms with van der Waals surface area (Å²) in [7, 11) is 1.74. The van der Waals surface area contributed by atoms with Crippen LogP contribution in [0.1, 0.15) is 56.6 Å². The highest BCUT2D eigenvalue weighted by molar-refractivity contribution is 6.20. The van der Waals surface area contributed by atoms with Gasteiger partial charge in [-0.25, -0.2) is 5.48 Å². The van der Waals surface area contributed by atoms with Crippen LogP contribution < -0.4 is 15.7 Å². The smallest absolute Gasteiger partial charge is 0.251 e. The minimum Gasteiger partial charge on any atom is -0.326 e. The minimum absolute atomic E-state index is 0.0876. The third-order valence-electron chi connectivity index (χ3n) is 5.64. The summed E-state index contributed by atoms with van der Waals surface area (Å²) in [6.07, 6.45) is 3.67. The summed E-state index contributed by atoms with van der Waals surface area (Å²) in [6.45, 7) is 1.78. The third kappa shape index (κ3) is 6.26. The Kier molecular flexibility index (Phi) is 8.32. The molecule has 174 valence electrons. The Hall–Kier alpha value is -3.52. The fourth-order valence-electron chi connectivity index (χ4n) is 3.84. The molecule has 33 heavy (non-hydrogen) atoms. The zero-order valence-electron chi connectivity index (χ0n) is 19.0. The van der Waals surface area contributed by atoms with Gasteiger partial charge in [0.15, 0.2) is 0 Å². The van der Waals surface area contributed by atoms with Crippen LogP contribution in [0.5, 0.6) is 0 Å². The number of aliphatic imine (C=N–C) groups is 1. The van der Waals surface area contributed by atoms with Gasteiger partial charge in [0.1, 0.15) is 6.04 Å². The van der Waals surface area contributed by atoms with Crippen molar-refractivity contribution in [2.24, 2.45) is 4.99 Å². The normalized spacial score (nSPS) is 15.4. The summed E-state index contributed by atoms with van der Waals surface area (Å²) >= 11 is 0. The lowest BCUT2D eigenvalue weighted by atomic mass is 9.99. The molecule has 3 amide bonds. The minimum atomic E-state index is -0.515. The van der Waals surface area contributed by atoms with Crippen LogP contribution in [0.15, 0.2) is 53.5 Å². The van der Waals surface area contributed by atoms with E-state index < -0.39 is 11.9 Å². The third-order valence-corrected chi connectivity index (χ3v) is 5.64. The Labute approximate surface area is 193 Å². The number of rotatable bonds is 9. The largest absolute Gasteiger partial charge is 0.326 e. The van der Waals surface area contributed by atoms with E-state index in [-0.39, 0.29) is 18.2 Å². The highest BCUT2D eigenvalue weighted by Crippen LogP contribution is 2.30. The van der Waals surface area contributed by atoms with E-state index in [1.165, 1.54) is 0 Å². The maximum Gasteiger partial charge on any atom is 0.251 e. The first-order valence-electron chi connectivity index (χ1n) is 11.2. The number of amides is 3. The van der Waals surface area contributed by atoms with Crippen LogP contribution in [0, 0.1) is 0 Å². The molecule has 8 heteroatoms. The number of hydrogen-bond donors (Lipinski definition) is 3. The first-order chi connectivity index (χ1) is 15.9. The second kappa shape index (κ2) is 11.4. The number of hydroxylamine groups is 1. The molecule has 3 rings (SSSR count). The molecule has 2 aromatic carbocycles. The van der Waals surface area contributed by atoms with Gasteiger partial charge in [-0.1, -0.05) is 43.2 Å². The summed E-state index contributed by atoms with van der Waals surface area (Å²) in [4.78, 5) is 42.5. The number of benzene rings is 2. The molecular weight excluding hydrogens is 420 g/mol. The first-order valence-corrected chi connectivity index (χ1v) is 11.2. The standard InChI is InChI=1S/C25H30N4O4/c1-17-25(32)29(2)21-15-14-19(16-20(21)24(26-17)18-10-6-5-7-11-18)27-22(30)12-8-3-4-9-13-23(31)28-33/h5-7,10-11,14-17,33H,3-4,8-9,12-13H2,1-2H3,(H,27,30)(H,28,31)/t17-/m0/s1. The zero-order chi connectivity index (χ0) is 23.8. The molecule has 3 N–H and O–H groups in total. The van der Waals surface area contributed by atoms with Gasteiger partial charge < -0.3 is 10.2 Å². The summed E-state index contributed by atoms with van der Waals surface area (Å²) in [5, 5.41) is 11.4. The average Bonchev–Trinajstić information content (AvgIpc) is 2.92. The van der Waals surface area contributed by atoms with Crippen LogP contribution in [0.4, 0.5) is 11.4 Å². The molecule has 0 saturated carbocycles. The molecule has 8 nitrogen and oxygen atoms in total. The van der Waals surface area contributed by atoms with Gasteiger partial charge >= 0.3 is 0 Å². The van der Waals surface area contributed by atoms with Crippen molar-refractivity contribution in [1.82, 2.24) is 5.48 Å². The molecule has 0 unspecified atom stereocenters. The number of unbranched alkanes of at least 4 members (excludes halogenated alkanes) is 3. The molecule has 2 aromatic rings. The van der Waals surface area contributed by atoms with Crippen LogP contribution in [-0.4, -0.2) is 41.7 Å². The summed E-state index contributed by atoms with van der Waals surface area (Å²) < 4.78 is 0. The Balaban J connectivity index is 1.70. The second-order valence-electron chi connectivity index (χ2n) is 8.15. The highest BCUT2D eigenvalue weighted by atomic mass is 16.5. The monoisotopic (exact) mass is 450 g/mol. The van der Waals surface area contributed by atoms with Crippen molar-refractivity contribution in [2.75, 3.05) is 17.3 Å². The number of likely N-dealkylation sites (N-methyl/N-ethyl adjacent to an activating group) is 1. The number of carbonyl (C=O) groups is 3. The lowest BCUT2D eigenvalue weighted by molar-refractivity contribution is -0.129. The van der Waals surface area contributed by atoms with Crippen LogP contribution in [0.25, 0.3) is 0 Å².